The molecule has 0 spiro atoms. The largest absolute Gasteiger partial charge is 0.324 e. The van der Waals surface area contributed by atoms with Crippen molar-refractivity contribution in [3.05, 3.63) is 24.3 Å². The number of benzene rings is 1. The molecule has 0 saturated carbocycles. The van der Waals surface area contributed by atoms with Gasteiger partial charge in [-0.15, -0.1) is 24.2 Å². The fourth-order valence-corrected chi connectivity index (χ4v) is 2.72. The van der Waals surface area contributed by atoms with Gasteiger partial charge in [0.15, 0.2) is 0 Å². The van der Waals surface area contributed by atoms with E-state index < -0.39 is 0 Å². The van der Waals surface area contributed by atoms with E-state index in [1.165, 1.54) is 0 Å². The summed E-state index contributed by atoms with van der Waals surface area (Å²) in [5.74, 6) is 2.12. The second-order valence-corrected chi connectivity index (χ2v) is 4.89. The van der Waals surface area contributed by atoms with Crippen molar-refractivity contribution in [3.63, 3.8) is 0 Å². The number of H-pyrrole nitrogens is 1. The molecule has 0 aliphatic carbocycles. The maximum Gasteiger partial charge on any atom is 0.244 e. The molecule has 1 unspecified atom stereocenters. The van der Waals surface area contributed by atoms with Gasteiger partial charge in [0.2, 0.25) is 11.9 Å². The molecular weight excluding hydrogens is 272 g/mol. The first-order valence-electron chi connectivity index (χ1n) is 5.40. The number of rotatable bonds is 2. The van der Waals surface area contributed by atoms with Gasteiger partial charge < -0.3 is 4.98 Å². The first kappa shape index (κ1) is 13.2. The van der Waals surface area contributed by atoms with Crippen molar-refractivity contribution in [2.24, 2.45) is 0 Å². The number of imidazole rings is 1. The van der Waals surface area contributed by atoms with Crippen molar-refractivity contribution in [2.45, 2.75) is 6.04 Å². The molecule has 3 rings (SSSR count). The number of fused-ring (bicyclic) bond motifs is 1. The molecule has 1 aromatic heterocycles. The number of nitrogens with zero attached hydrogens (tertiary/aromatic N) is 1. The van der Waals surface area contributed by atoms with E-state index in [0.717, 1.165) is 22.7 Å². The molecule has 0 bridgehead atoms. The van der Waals surface area contributed by atoms with Gasteiger partial charge >= 0.3 is 0 Å². The van der Waals surface area contributed by atoms with E-state index in [1.54, 1.807) is 11.8 Å². The van der Waals surface area contributed by atoms with Crippen LogP contribution >= 0.6 is 24.2 Å². The minimum atomic E-state index is -0.117. The van der Waals surface area contributed by atoms with E-state index >= 15 is 0 Å². The van der Waals surface area contributed by atoms with Crippen molar-refractivity contribution in [3.8, 4) is 0 Å². The molecular formula is C11H13ClN4OS. The van der Waals surface area contributed by atoms with E-state index in [1.807, 2.05) is 24.3 Å². The number of aromatic amines is 1. The molecule has 2 aromatic rings. The Morgan fingerprint density at radius 2 is 2.28 bits per heavy atom. The monoisotopic (exact) mass is 284 g/mol. The van der Waals surface area contributed by atoms with Gasteiger partial charge in [-0.05, 0) is 12.1 Å². The van der Waals surface area contributed by atoms with Crippen LogP contribution in [-0.2, 0) is 4.79 Å². The van der Waals surface area contributed by atoms with Gasteiger partial charge in [-0.1, -0.05) is 12.1 Å². The lowest BCUT2D eigenvalue weighted by Crippen LogP contribution is -2.37. The number of amides is 1. The van der Waals surface area contributed by atoms with Gasteiger partial charge in [0, 0.05) is 11.6 Å². The molecule has 5 nitrogen and oxygen atoms in total. The number of nitrogens with one attached hydrogen (secondary N) is 3. The van der Waals surface area contributed by atoms with Gasteiger partial charge in [-0.3, -0.25) is 15.4 Å². The Labute approximate surface area is 115 Å². The SMILES string of the molecule is Cl.O=C(Nc1nc2ccccc2[nH]1)C1CSCN1. The van der Waals surface area contributed by atoms with Crippen LogP contribution in [0, 0.1) is 0 Å². The first-order chi connectivity index (χ1) is 8.33. The molecule has 1 aliphatic heterocycles. The van der Waals surface area contributed by atoms with Crippen LogP contribution in [0.2, 0.25) is 0 Å². The molecule has 18 heavy (non-hydrogen) atoms. The maximum absolute atomic E-state index is 11.8. The highest BCUT2D eigenvalue weighted by atomic mass is 35.5. The highest BCUT2D eigenvalue weighted by molar-refractivity contribution is 7.99. The molecule has 3 N–H and O–H groups in total. The summed E-state index contributed by atoms with van der Waals surface area (Å²) in [4.78, 5) is 19.2. The second-order valence-electron chi connectivity index (χ2n) is 3.86. The molecule has 1 aromatic carbocycles. The lowest BCUT2D eigenvalue weighted by atomic mass is 10.3. The first-order valence-corrected chi connectivity index (χ1v) is 6.55. The molecule has 1 aliphatic rings. The zero-order chi connectivity index (χ0) is 11.7. The van der Waals surface area contributed by atoms with Crippen LogP contribution < -0.4 is 10.6 Å². The summed E-state index contributed by atoms with van der Waals surface area (Å²) in [7, 11) is 0. The van der Waals surface area contributed by atoms with Crippen molar-refractivity contribution in [1.82, 2.24) is 15.3 Å². The zero-order valence-corrected chi connectivity index (χ0v) is 11.1. The van der Waals surface area contributed by atoms with E-state index in [-0.39, 0.29) is 24.4 Å². The highest BCUT2D eigenvalue weighted by Gasteiger charge is 2.23. The predicted molar refractivity (Wildman–Crippen MR) is 76.2 cm³/mol. The second kappa shape index (κ2) is 5.60. The lowest BCUT2D eigenvalue weighted by molar-refractivity contribution is -0.117. The van der Waals surface area contributed by atoms with Crippen LogP contribution in [0.5, 0.6) is 0 Å². The Bertz CT molecular complexity index is 520. The van der Waals surface area contributed by atoms with Crippen LogP contribution in [0.1, 0.15) is 0 Å². The van der Waals surface area contributed by atoms with Crippen LogP contribution in [0.15, 0.2) is 24.3 Å². The average molecular weight is 285 g/mol. The molecule has 2 heterocycles. The average Bonchev–Trinajstić information content (AvgIpc) is 2.97. The van der Waals surface area contributed by atoms with Crippen LogP contribution in [0.3, 0.4) is 0 Å². The zero-order valence-electron chi connectivity index (χ0n) is 9.47. The van der Waals surface area contributed by atoms with Crippen molar-refractivity contribution in [2.75, 3.05) is 16.9 Å². The summed E-state index contributed by atoms with van der Waals surface area (Å²) >= 11 is 1.72. The third-order valence-corrected chi connectivity index (χ3v) is 3.60. The van der Waals surface area contributed by atoms with Crippen LogP contribution in [0.4, 0.5) is 5.95 Å². The minimum Gasteiger partial charge on any atom is -0.324 e. The predicted octanol–water partition coefficient (Wildman–Crippen LogP) is 1.59. The quantitative estimate of drug-likeness (QED) is 0.783. The van der Waals surface area contributed by atoms with Crippen LogP contribution in [-0.4, -0.2) is 33.5 Å². The number of hydrogen-bond donors (Lipinski definition) is 3. The third kappa shape index (κ3) is 2.60. The normalized spacial score (nSPS) is 18.6. The molecule has 1 atom stereocenters. The summed E-state index contributed by atoms with van der Waals surface area (Å²) in [6, 6.07) is 7.58. The van der Waals surface area contributed by atoms with Crippen molar-refractivity contribution >= 4 is 47.1 Å². The number of hydrogen-bond acceptors (Lipinski definition) is 4. The number of thioether (sulfide) groups is 1. The minimum absolute atomic E-state index is 0. The number of aromatic nitrogens is 2. The summed E-state index contributed by atoms with van der Waals surface area (Å²) in [6.07, 6.45) is 0. The van der Waals surface area contributed by atoms with Gasteiger partial charge in [0.05, 0.1) is 17.1 Å². The highest BCUT2D eigenvalue weighted by Crippen LogP contribution is 2.15. The lowest BCUT2D eigenvalue weighted by Gasteiger charge is -2.07. The van der Waals surface area contributed by atoms with Gasteiger partial charge in [0.25, 0.3) is 0 Å². The van der Waals surface area contributed by atoms with Crippen molar-refractivity contribution < 1.29 is 4.79 Å². The van der Waals surface area contributed by atoms with E-state index in [9.17, 15) is 4.79 Å². The fourth-order valence-electron chi connectivity index (χ4n) is 1.78. The topological polar surface area (TPSA) is 69.8 Å². The number of carbonyl (C=O) groups is 1. The summed E-state index contributed by atoms with van der Waals surface area (Å²) in [6.45, 7) is 0. The van der Waals surface area contributed by atoms with Crippen molar-refractivity contribution in [1.29, 1.82) is 0 Å². The molecule has 0 radical (unpaired) electrons. The van der Waals surface area contributed by atoms with E-state index in [4.69, 9.17) is 0 Å². The Morgan fingerprint density at radius 1 is 1.44 bits per heavy atom. The summed E-state index contributed by atoms with van der Waals surface area (Å²) < 4.78 is 0. The summed E-state index contributed by atoms with van der Waals surface area (Å²) in [5, 5.41) is 5.91. The summed E-state index contributed by atoms with van der Waals surface area (Å²) in [5.41, 5.74) is 1.79. The molecule has 96 valence electrons. The Morgan fingerprint density at radius 3 is 3.00 bits per heavy atom. The number of para-hydroxylation sites is 2. The fraction of sp³-hybridized carbons (Fsp3) is 0.273. The Balaban J connectivity index is 0.00000120. The van der Waals surface area contributed by atoms with Gasteiger partial charge in [-0.2, -0.15) is 0 Å². The smallest absolute Gasteiger partial charge is 0.244 e. The standard InChI is InChI=1S/C11H12N4OS.ClH/c16-10(9-5-17-6-12-9)15-11-13-7-3-1-2-4-8(7)14-11;/h1-4,9,12H,5-6H2,(H2,13,14,15,16);1H. The number of halogens is 1. The van der Waals surface area contributed by atoms with Gasteiger partial charge in [-0.25, -0.2) is 4.98 Å². The third-order valence-electron chi connectivity index (χ3n) is 2.66. The molecule has 7 heteroatoms. The van der Waals surface area contributed by atoms with E-state index in [0.29, 0.717) is 5.95 Å². The number of carbonyl (C=O) groups excluding carboxylic acids is 1. The Hall–Kier alpha value is -1.24. The van der Waals surface area contributed by atoms with E-state index in [2.05, 4.69) is 20.6 Å². The number of anilines is 1. The van der Waals surface area contributed by atoms with Crippen LogP contribution in [0.25, 0.3) is 11.0 Å². The molecule has 1 fully saturated rings. The van der Waals surface area contributed by atoms with Gasteiger partial charge in [0.1, 0.15) is 0 Å². The molecule has 1 saturated heterocycles. The molecule has 1 amide bonds. The maximum atomic E-state index is 11.8. The Kier molecular flexibility index (Phi) is 4.11.